The van der Waals surface area contributed by atoms with Crippen molar-refractivity contribution < 1.29 is 0 Å². The van der Waals surface area contributed by atoms with Crippen LogP contribution in [0, 0.1) is 11.8 Å². The van der Waals surface area contributed by atoms with Gasteiger partial charge in [-0.25, -0.2) is 0 Å². The third kappa shape index (κ3) is 1.25. The van der Waals surface area contributed by atoms with Gasteiger partial charge in [-0.15, -0.1) is 0 Å². The van der Waals surface area contributed by atoms with Gasteiger partial charge in [0.15, 0.2) is 0 Å². The minimum Gasteiger partial charge on any atom is -0.0770 e. The van der Waals surface area contributed by atoms with E-state index in [9.17, 15) is 0 Å². The van der Waals surface area contributed by atoms with Gasteiger partial charge >= 0.3 is 0 Å². The van der Waals surface area contributed by atoms with Gasteiger partial charge in [0.05, 0.1) is 0 Å². The van der Waals surface area contributed by atoms with Crippen molar-refractivity contribution in [2.24, 2.45) is 11.8 Å². The molecule has 10 heavy (non-hydrogen) atoms. The van der Waals surface area contributed by atoms with Gasteiger partial charge in [0, 0.05) is 0 Å². The number of hydrogen-bond acceptors (Lipinski definition) is 0. The van der Waals surface area contributed by atoms with Gasteiger partial charge < -0.3 is 0 Å². The van der Waals surface area contributed by atoms with Gasteiger partial charge in [0.25, 0.3) is 0 Å². The summed E-state index contributed by atoms with van der Waals surface area (Å²) in [6.45, 7) is 9.20. The molecule has 0 aromatic rings. The Kier molecular flexibility index (Phi) is 2.18. The van der Waals surface area contributed by atoms with Crippen molar-refractivity contribution in [2.45, 2.75) is 40.5 Å². The quantitative estimate of drug-likeness (QED) is 0.450. The van der Waals surface area contributed by atoms with Gasteiger partial charge in [0.2, 0.25) is 0 Å². The summed E-state index contributed by atoms with van der Waals surface area (Å²) in [4.78, 5) is 0. The monoisotopic (exact) mass is 138 g/mol. The van der Waals surface area contributed by atoms with E-state index in [-0.39, 0.29) is 0 Å². The fourth-order valence-electron chi connectivity index (χ4n) is 1.91. The van der Waals surface area contributed by atoms with Crippen molar-refractivity contribution >= 4 is 0 Å². The third-order valence-electron chi connectivity index (χ3n) is 2.91. The highest BCUT2D eigenvalue weighted by atomic mass is 14.3. The highest BCUT2D eigenvalue weighted by molar-refractivity contribution is 5.17. The lowest BCUT2D eigenvalue weighted by molar-refractivity contribution is 0.492. The topological polar surface area (TPSA) is 0 Å². The van der Waals surface area contributed by atoms with Crippen molar-refractivity contribution in [3.8, 4) is 0 Å². The molecule has 0 spiro atoms. The molecule has 0 aromatic heterocycles. The minimum absolute atomic E-state index is 0.852. The van der Waals surface area contributed by atoms with Crippen molar-refractivity contribution in [3.63, 3.8) is 0 Å². The molecule has 0 heteroatoms. The highest BCUT2D eigenvalue weighted by Gasteiger charge is 2.24. The van der Waals surface area contributed by atoms with Gasteiger partial charge in [-0.2, -0.15) is 0 Å². The first-order chi connectivity index (χ1) is 4.63. The Balaban J connectivity index is 2.76. The molecular weight excluding hydrogens is 120 g/mol. The number of rotatable bonds is 0. The van der Waals surface area contributed by atoms with Crippen LogP contribution < -0.4 is 0 Å². The first-order valence-electron chi connectivity index (χ1n) is 4.29. The molecule has 0 nitrogen and oxygen atoms in total. The predicted octanol–water partition coefficient (Wildman–Crippen LogP) is 3.39. The van der Waals surface area contributed by atoms with Crippen molar-refractivity contribution in [1.29, 1.82) is 0 Å². The maximum Gasteiger partial charge on any atom is -0.0203 e. The minimum atomic E-state index is 0.852. The Morgan fingerprint density at radius 3 is 2.10 bits per heavy atom. The van der Waals surface area contributed by atoms with E-state index < -0.39 is 0 Å². The molecule has 0 radical (unpaired) electrons. The van der Waals surface area contributed by atoms with Gasteiger partial charge in [-0.3, -0.25) is 0 Å². The zero-order valence-corrected chi connectivity index (χ0v) is 7.57. The Labute approximate surface area is 64.3 Å². The van der Waals surface area contributed by atoms with Crippen molar-refractivity contribution in [3.05, 3.63) is 11.1 Å². The van der Waals surface area contributed by atoms with Crippen molar-refractivity contribution in [1.82, 2.24) is 0 Å². The molecule has 0 N–H and O–H groups in total. The zero-order valence-electron chi connectivity index (χ0n) is 7.57. The third-order valence-corrected chi connectivity index (χ3v) is 2.91. The van der Waals surface area contributed by atoms with E-state index in [1.807, 2.05) is 0 Å². The second kappa shape index (κ2) is 2.77. The summed E-state index contributed by atoms with van der Waals surface area (Å²) in [6, 6.07) is 0. The SMILES string of the molecule is CC(C)=C1CCC(C)[C@@H]1C. The summed E-state index contributed by atoms with van der Waals surface area (Å²) in [5.74, 6) is 1.77. The van der Waals surface area contributed by atoms with E-state index in [4.69, 9.17) is 0 Å². The van der Waals surface area contributed by atoms with Crippen LogP contribution in [-0.2, 0) is 0 Å². The molecule has 0 amide bonds. The highest BCUT2D eigenvalue weighted by Crippen LogP contribution is 2.37. The second-order valence-corrected chi connectivity index (χ2v) is 3.83. The molecular formula is C10H18. The normalized spacial score (nSPS) is 33.0. The lowest BCUT2D eigenvalue weighted by Crippen LogP contribution is -2.00. The molecule has 1 aliphatic carbocycles. The summed E-state index contributed by atoms with van der Waals surface area (Å²) in [6.07, 6.45) is 2.76. The fourth-order valence-corrected chi connectivity index (χ4v) is 1.91. The van der Waals surface area contributed by atoms with E-state index in [0.29, 0.717) is 0 Å². The summed E-state index contributed by atoms with van der Waals surface area (Å²) in [7, 11) is 0. The van der Waals surface area contributed by atoms with Crippen LogP contribution in [-0.4, -0.2) is 0 Å². The smallest absolute Gasteiger partial charge is 0.0203 e. The predicted molar refractivity (Wildman–Crippen MR) is 45.9 cm³/mol. The lowest BCUT2D eigenvalue weighted by atomic mass is 9.95. The molecule has 0 saturated heterocycles. The largest absolute Gasteiger partial charge is 0.0770 e. The van der Waals surface area contributed by atoms with E-state index in [1.165, 1.54) is 12.8 Å². The van der Waals surface area contributed by atoms with Gasteiger partial charge in [0.1, 0.15) is 0 Å². The molecule has 1 rings (SSSR count). The van der Waals surface area contributed by atoms with Crippen LogP contribution in [0.5, 0.6) is 0 Å². The Hall–Kier alpha value is -0.260. The summed E-state index contributed by atoms with van der Waals surface area (Å²) < 4.78 is 0. The molecule has 58 valence electrons. The van der Waals surface area contributed by atoms with Crippen LogP contribution in [0.4, 0.5) is 0 Å². The number of allylic oxidation sites excluding steroid dienone is 2. The lowest BCUT2D eigenvalue weighted by Gasteiger charge is -2.11. The zero-order chi connectivity index (χ0) is 7.72. The summed E-state index contributed by atoms with van der Waals surface area (Å²) in [5, 5.41) is 0. The van der Waals surface area contributed by atoms with E-state index in [1.54, 1.807) is 11.1 Å². The summed E-state index contributed by atoms with van der Waals surface area (Å²) >= 11 is 0. The Morgan fingerprint density at radius 2 is 1.90 bits per heavy atom. The molecule has 1 saturated carbocycles. The van der Waals surface area contributed by atoms with Crippen LogP contribution in [0.3, 0.4) is 0 Å². The average Bonchev–Trinajstić information content (AvgIpc) is 2.14. The van der Waals surface area contributed by atoms with E-state index >= 15 is 0 Å². The van der Waals surface area contributed by atoms with Crippen LogP contribution in [0.2, 0.25) is 0 Å². The molecule has 1 unspecified atom stereocenters. The van der Waals surface area contributed by atoms with Crippen LogP contribution in [0.15, 0.2) is 11.1 Å². The molecule has 0 aliphatic heterocycles. The first kappa shape index (κ1) is 7.84. The van der Waals surface area contributed by atoms with E-state index in [2.05, 4.69) is 27.7 Å². The standard InChI is InChI=1S/C10H18/c1-7(2)10-6-5-8(3)9(10)4/h8-9H,5-6H2,1-4H3/t8?,9-/m0/s1. The van der Waals surface area contributed by atoms with Crippen LogP contribution in [0.25, 0.3) is 0 Å². The maximum atomic E-state index is 2.36. The maximum absolute atomic E-state index is 2.36. The fraction of sp³-hybridized carbons (Fsp3) is 0.800. The molecule has 1 fully saturated rings. The molecule has 2 atom stereocenters. The van der Waals surface area contributed by atoms with Crippen LogP contribution in [0.1, 0.15) is 40.5 Å². The molecule has 0 aromatic carbocycles. The van der Waals surface area contributed by atoms with Gasteiger partial charge in [-0.05, 0) is 38.5 Å². The Bertz CT molecular complexity index is 149. The first-order valence-corrected chi connectivity index (χ1v) is 4.29. The Morgan fingerprint density at radius 1 is 1.30 bits per heavy atom. The molecule has 0 heterocycles. The van der Waals surface area contributed by atoms with Gasteiger partial charge in [-0.1, -0.05) is 25.0 Å². The number of hydrogen-bond donors (Lipinski definition) is 0. The molecule has 0 bridgehead atoms. The summed E-state index contributed by atoms with van der Waals surface area (Å²) in [5.41, 5.74) is 3.27. The van der Waals surface area contributed by atoms with Crippen LogP contribution >= 0.6 is 0 Å². The average molecular weight is 138 g/mol. The van der Waals surface area contributed by atoms with Crippen molar-refractivity contribution in [2.75, 3.05) is 0 Å². The van der Waals surface area contributed by atoms with E-state index in [0.717, 1.165) is 11.8 Å². The molecule has 1 aliphatic rings. The second-order valence-electron chi connectivity index (χ2n) is 3.83.